The molecule has 2 amide bonds. The van der Waals surface area contributed by atoms with Crippen LogP contribution in [-0.2, 0) is 32.6 Å². The summed E-state index contributed by atoms with van der Waals surface area (Å²) in [5.41, 5.74) is 2.65. The Kier molecular flexibility index (Phi) is 11.1. The van der Waals surface area contributed by atoms with Crippen molar-refractivity contribution in [2.45, 2.75) is 88.5 Å². The molecule has 3 aromatic rings. The quantitative estimate of drug-likeness (QED) is 0.202. The molecule has 0 bridgehead atoms. The van der Waals surface area contributed by atoms with Gasteiger partial charge in [-0.1, -0.05) is 60.7 Å². The Morgan fingerprint density at radius 1 is 0.978 bits per heavy atom. The lowest BCUT2D eigenvalue weighted by Gasteiger charge is -2.29. The summed E-state index contributed by atoms with van der Waals surface area (Å²) in [5.74, 6) is -0.507. The third-order valence-electron chi connectivity index (χ3n) is 7.74. The van der Waals surface area contributed by atoms with E-state index in [1.165, 1.54) is 0 Å². The number of anilines is 1. The van der Waals surface area contributed by atoms with Gasteiger partial charge in [-0.25, -0.2) is 13.1 Å². The van der Waals surface area contributed by atoms with E-state index in [4.69, 9.17) is 5.11 Å². The Morgan fingerprint density at radius 3 is 2.30 bits per heavy atom. The third kappa shape index (κ3) is 9.23. The molecular weight excluding hydrogens is 604 g/mol. The molecule has 10 nitrogen and oxygen atoms in total. The summed E-state index contributed by atoms with van der Waals surface area (Å²) in [6.07, 6.45) is 0.203. The van der Waals surface area contributed by atoms with E-state index in [2.05, 4.69) is 15.4 Å². The molecule has 0 aromatic heterocycles. The maximum atomic E-state index is 14.0. The third-order valence-corrected chi connectivity index (χ3v) is 9.55. The molecule has 2 atom stereocenters. The normalized spacial score (nSPS) is 16.5. The standard InChI is InChI=1S/C35H46N4O6S/c1-34(2,3)38-46(44,45)31-13-9-7-11-28(31)25-16-14-24(15-17-25)22-39-30-12-8-6-10-26(30)18-19-29(33(39)43)37-32(42)20-35(4,5)36-21-27(41)23-40/h6-17,27,29,36,38,40-41H,18-23H2,1-5H3,(H,37,42)/t27-,29+/m0/s1. The van der Waals surface area contributed by atoms with E-state index < -0.39 is 33.2 Å². The van der Waals surface area contributed by atoms with E-state index in [1.54, 1.807) is 49.9 Å². The number of hydrogen-bond donors (Lipinski definition) is 5. The predicted molar refractivity (Wildman–Crippen MR) is 180 cm³/mol. The van der Waals surface area contributed by atoms with Gasteiger partial charge in [-0.3, -0.25) is 9.59 Å². The van der Waals surface area contributed by atoms with Crippen molar-refractivity contribution in [2.24, 2.45) is 0 Å². The lowest BCUT2D eigenvalue weighted by atomic mass is 9.99. The number of aliphatic hydroxyl groups excluding tert-OH is 2. The van der Waals surface area contributed by atoms with Crippen molar-refractivity contribution in [2.75, 3.05) is 18.1 Å². The van der Waals surface area contributed by atoms with Crippen LogP contribution in [-0.4, -0.2) is 66.8 Å². The van der Waals surface area contributed by atoms with E-state index in [-0.39, 0.29) is 42.8 Å². The summed E-state index contributed by atoms with van der Waals surface area (Å²) in [4.78, 5) is 29.0. The lowest BCUT2D eigenvalue weighted by Crippen LogP contribution is -2.51. The van der Waals surface area contributed by atoms with Gasteiger partial charge in [0.25, 0.3) is 0 Å². The monoisotopic (exact) mass is 650 g/mol. The van der Waals surface area contributed by atoms with Gasteiger partial charge in [0.05, 0.1) is 24.2 Å². The number of β-amino-alcohol motifs (C(OH)–C–C–N with tert-alkyl or cyclic N) is 1. The highest BCUT2D eigenvalue weighted by atomic mass is 32.2. The Labute approximate surface area is 272 Å². The van der Waals surface area contributed by atoms with E-state index in [1.807, 2.05) is 62.4 Å². The van der Waals surface area contributed by atoms with E-state index >= 15 is 0 Å². The zero-order valence-corrected chi connectivity index (χ0v) is 28.0. The van der Waals surface area contributed by atoms with Gasteiger partial charge in [-0.2, -0.15) is 0 Å². The molecule has 1 aliphatic rings. The van der Waals surface area contributed by atoms with E-state index in [9.17, 15) is 23.1 Å². The van der Waals surface area contributed by atoms with Gasteiger partial charge in [-0.05, 0) is 76.3 Å². The molecular formula is C35H46N4O6S. The van der Waals surface area contributed by atoms with Crippen LogP contribution in [0.5, 0.6) is 0 Å². The molecule has 0 fully saturated rings. The fourth-order valence-corrected chi connectivity index (χ4v) is 7.20. The largest absolute Gasteiger partial charge is 0.394 e. The first kappa shape index (κ1) is 35.2. The molecule has 0 aliphatic carbocycles. The van der Waals surface area contributed by atoms with Crippen LogP contribution in [0.1, 0.15) is 58.6 Å². The van der Waals surface area contributed by atoms with Crippen molar-refractivity contribution in [3.05, 3.63) is 83.9 Å². The molecule has 4 rings (SSSR count). The molecule has 0 radical (unpaired) electrons. The van der Waals surface area contributed by atoms with Gasteiger partial charge < -0.3 is 25.7 Å². The molecule has 5 N–H and O–H groups in total. The Morgan fingerprint density at radius 2 is 1.63 bits per heavy atom. The number of nitrogens with one attached hydrogen (secondary N) is 3. The summed E-state index contributed by atoms with van der Waals surface area (Å²) in [5, 5.41) is 24.8. The van der Waals surface area contributed by atoms with Crippen molar-refractivity contribution in [3.63, 3.8) is 0 Å². The number of carbonyl (C=O) groups is 2. The van der Waals surface area contributed by atoms with Crippen LogP contribution in [0.2, 0.25) is 0 Å². The molecule has 0 spiro atoms. The Balaban J connectivity index is 1.54. The van der Waals surface area contributed by atoms with Crippen molar-refractivity contribution in [1.29, 1.82) is 0 Å². The second-order valence-corrected chi connectivity index (χ2v) is 15.2. The zero-order chi connectivity index (χ0) is 33.7. The minimum Gasteiger partial charge on any atom is -0.394 e. The minimum absolute atomic E-state index is 0.0752. The SMILES string of the molecule is CC(C)(C)NS(=O)(=O)c1ccccc1-c1ccc(CN2C(=O)[C@H](NC(=O)CC(C)(C)NC[C@H](O)CO)CCc3ccccc32)cc1. The van der Waals surface area contributed by atoms with Crippen LogP contribution in [0.25, 0.3) is 11.1 Å². The van der Waals surface area contributed by atoms with Gasteiger partial charge in [0.2, 0.25) is 21.8 Å². The van der Waals surface area contributed by atoms with Gasteiger partial charge in [0, 0.05) is 35.3 Å². The molecule has 1 heterocycles. The smallest absolute Gasteiger partial charge is 0.249 e. The first-order valence-electron chi connectivity index (χ1n) is 15.5. The number of sulfonamides is 1. The number of carbonyl (C=O) groups excluding carboxylic acids is 2. The average molecular weight is 651 g/mol. The van der Waals surface area contributed by atoms with Gasteiger partial charge in [-0.15, -0.1) is 0 Å². The van der Waals surface area contributed by atoms with Crippen LogP contribution in [0.4, 0.5) is 5.69 Å². The second-order valence-electron chi connectivity index (χ2n) is 13.5. The maximum Gasteiger partial charge on any atom is 0.249 e. The Bertz CT molecular complexity index is 1630. The van der Waals surface area contributed by atoms with Crippen LogP contribution >= 0.6 is 0 Å². The summed E-state index contributed by atoms with van der Waals surface area (Å²) >= 11 is 0. The summed E-state index contributed by atoms with van der Waals surface area (Å²) < 4.78 is 29.1. The Hall–Kier alpha value is -3.61. The van der Waals surface area contributed by atoms with Crippen LogP contribution in [0.3, 0.4) is 0 Å². The molecule has 3 aromatic carbocycles. The summed E-state index contributed by atoms with van der Waals surface area (Å²) in [7, 11) is -3.77. The van der Waals surface area contributed by atoms with Crippen molar-refractivity contribution in [3.8, 4) is 11.1 Å². The topological polar surface area (TPSA) is 148 Å². The first-order valence-corrected chi connectivity index (χ1v) is 17.0. The minimum atomic E-state index is -3.77. The maximum absolute atomic E-state index is 14.0. The number of amides is 2. The van der Waals surface area contributed by atoms with Crippen LogP contribution < -0.4 is 20.3 Å². The fraction of sp³-hybridized carbons (Fsp3) is 0.429. The van der Waals surface area contributed by atoms with Gasteiger partial charge in [0.1, 0.15) is 6.04 Å². The summed E-state index contributed by atoms with van der Waals surface area (Å²) in [6.45, 7) is 9.06. The van der Waals surface area contributed by atoms with Crippen LogP contribution in [0, 0.1) is 0 Å². The molecule has 1 aliphatic heterocycles. The van der Waals surface area contributed by atoms with E-state index in [0.717, 1.165) is 22.4 Å². The van der Waals surface area contributed by atoms with E-state index in [0.29, 0.717) is 18.4 Å². The molecule has 0 saturated heterocycles. The number of aryl methyl sites for hydroxylation is 1. The number of fused-ring (bicyclic) bond motifs is 1. The van der Waals surface area contributed by atoms with Gasteiger partial charge >= 0.3 is 0 Å². The highest BCUT2D eigenvalue weighted by molar-refractivity contribution is 7.89. The first-order chi connectivity index (χ1) is 21.6. The fourth-order valence-electron chi connectivity index (χ4n) is 5.55. The molecule has 46 heavy (non-hydrogen) atoms. The second kappa shape index (κ2) is 14.4. The lowest BCUT2D eigenvalue weighted by molar-refractivity contribution is -0.128. The van der Waals surface area contributed by atoms with Gasteiger partial charge in [0.15, 0.2) is 0 Å². The number of nitrogens with zero attached hydrogens (tertiary/aromatic N) is 1. The van der Waals surface area contributed by atoms with Crippen LogP contribution in [0.15, 0.2) is 77.7 Å². The highest BCUT2D eigenvalue weighted by Gasteiger charge is 2.33. The predicted octanol–water partition coefficient (Wildman–Crippen LogP) is 3.51. The number of hydrogen-bond acceptors (Lipinski definition) is 7. The average Bonchev–Trinajstić information content (AvgIpc) is 3.11. The molecule has 0 unspecified atom stereocenters. The van der Waals surface area contributed by atoms with Crippen molar-refractivity contribution in [1.82, 2.24) is 15.4 Å². The number of aliphatic hydroxyl groups is 2. The summed E-state index contributed by atoms with van der Waals surface area (Å²) in [6, 6.07) is 21.4. The molecule has 11 heteroatoms. The number of para-hydroxylation sites is 1. The molecule has 0 saturated carbocycles. The molecule has 248 valence electrons. The number of benzene rings is 3. The zero-order valence-electron chi connectivity index (χ0n) is 27.2. The highest BCUT2D eigenvalue weighted by Crippen LogP contribution is 2.31. The van der Waals surface area contributed by atoms with Crippen molar-refractivity contribution >= 4 is 27.5 Å². The number of rotatable bonds is 12. The van der Waals surface area contributed by atoms with Crippen molar-refractivity contribution < 1.29 is 28.2 Å².